The number of rotatable bonds is 5. The van der Waals surface area contributed by atoms with Crippen molar-refractivity contribution < 1.29 is 9.53 Å². The van der Waals surface area contributed by atoms with E-state index in [1.165, 1.54) is 0 Å². The number of halogens is 1. The Hall–Kier alpha value is -3.90. The lowest BCUT2D eigenvalue weighted by Gasteiger charge is -2.19. The minimum atomic E-state index is -0.390. The molecule has 0 aliphatic heterocycles. The zero-order valence-corrected chi connectivity index (χ0v) is 20.1. The number of aryl methyl sites for hydroxylation is 3. The molecule has 0 fully saturated rings. The highest BCUT2D eigenvalue weighted by Gasteiger charge is 2.22. The lowest BCUT2D eigenvalue weighted by molar-refractivity contribution is 0.102. The summed E-state index contributed by atoms with van der Waals surface area (Å²) in [7, 11) is 1.56. The van der Waals surface area contributed by atoms with E-state index in [1.807, 2.05) is 32.0 Å². The standard InChI is InChI=1S/C27H24ClN3O3/c1-16-9-12-20(15-17(16)2)31-26(29-27(33)19-10-13-21(34-4)14-11-19)24(25(32)18(3)30-31)22-7-5-6-8-23(22)28/h5-15H,1-4H3,(H,29,33). The van der Waals surface area contributed by atoms with Crippen LogP contribution in [0.15, 0.2) is 71.5 Å². The van der Waals surface area contributed by atoms with Gasteiger partial charge in [0.2, 0.25) is 5.43 Å². The molecule has 34 heavy (non-hydrogen) atoms. The van der Waals surface area contributed by atoms with E-state index in [0.29, 0.717) is 27.6 Å². The third-order valence-corrected chi connectivity index (χ3v) is 6.05. The summed E-state index contributed by atoms with van der Waals surface area (Å²) in [5.41, 5.74) is 4.07. The van der Waals surface area contributed by atoms with Crippen molar-refractivity contribution in [1.29, 1.82) is 0 Å². The van der Waals surface area contributed by atoms with Gasteiger partial charge in [0.1, 0.15) is 17.3 Å². The molecule has 4 rings (SSSR count). The van der Waals surface area contributed by atoms with Gasteiger partial charge in [-0.05, 0) is 74.4 Å². The minimum Gasteiger partial charge on any atom is -0.497 e. The molecule has 0 aliphatic carbocycles. The van der Waals surface area contributed by atoms with Crippen molar-refractivity contribution in [3.63, 3.8) is 0 Å². The summed E-state index contributed by atoms with van der Waals surface area (Å²) in [6.07, 6.45) is 0. The van der Waals surface area contributed by atoms with E-state index in [9.17, 15) is 9.59 Å². The Kier molecular flexibility index (Phi) is 6.52. The fourth-order valence-corrected chi connectivity index (χ4v) is 3.87. The minimum absolute atomic E-state index is 0.243. The Morgan fingerprint density at radius 3 is 2.32 bits per heavy atom. The van der Waals surface area contributed by atoms with Gasteiger partial charge in [0, 0.05) is 16.1 Å². The van der Waals surface area contributed by atoms with Crippen molar-refractivity contribution >= 4 is 23.3 Å². The van der Waals surface area contributed by atoms with Gasteiger partial charge in [-0.1, -0.05) is 35.9 Å². The van der Waals surface area contributed by atoms with Crippen LogP contribution in [0, 0.1) is 20.8 Å². The largest absolute Gasteiger partial charge is 0.497 e. The number of nitrogens with zero attached hydrogens (tertiary/aromatic N) is 2. The SMILES string of the molecule is COc1ccc(C(=O)Nc2c(-c3ccccc3Cl)c(=O)c(C)nn2-c2ccc(C)c(C)c2)cc1. The number of carbonyl (C=O) groups is 1. The molecular formula is C27H24ClN3O3. The molecule has 0 aliphatic rings. The Bertz CT molecular complexity index is 1440. The molecule has 0 unspecified atom stereocenters. The summed E-state index contributed by atoms with van der Waals surface area (Å²) in [6.45, 7) is 5.67. The normalized spacial score (nSPS) is 10.7. The summed E-state index contributed by atoms with van der Waals surface area (Å²) in [5, 5.41) is 7.85. The summed E-state index contributed by atoms with van der Waals surface area (Å²) >= 11 is 6.49. The van der Waals surface area contributed by atoms with Gasteiger partial charge in [-0.2, -0.15) is 5.10 Å². The number of aromatic nitrogens is 2. The molecule has 1 aromatic heterocycles. The Morgan fingerprint density at radius 1 is 0.971 bits per heavy atom. The number of hydrogen-bond acceptors (Lipinski definition) is 4. The molecule has 172 valence electrons. The van der Waals surface area contributed by atoms with Gasteiger partial charge in [-0.25, -0.2) is 4.68 Å². The third-order valence-electron chi connectivity index (χ3n) is 5.72. The van der Waals surface area contributed by atoms with Gasteiger partial charge in [0.15, 0.2) is 0 Å². The lowest BCUT2D eigenvalue weighted by Crippen LogP contribution is -2.25. The summed E-state index contributed by atoms with van der Waals surface area (Å²) in [4.78, 5) is 26.6. The highest BCUT2D eigenvalue weighted by Crippen LogP contribution is 2.32. The smallest absolute Gasteiger partial charge is 0.256 e. The highest BCUT2D eigenvalue weighted by atomic mass is 35.5. The topological polar surface area (TPSA) is 73.2 Å². The maximum atomic E-state index is 13.3. The van der Waals surface area contributed by atoms with Crippen LogP contribution in [-0.2, 0) is 0 Å². The molecule has 1 heterocycles. The summed E-state index contributed by atoms with van der Waals surface area (Å²) in [5.74, 6) is 0.490. The molecule has 0 saturated heterocycles. The Labute approximate surface area is 202 Å². The first-order valence-corrected chi connectivity index (χ1v) is 11.1. The van der Waals surface area contributed by atoms with Crippen molar-refractivity contribution in [2.45, 2.75) is 20.8 Å². The van der Waals surface area contributed by atoms with E-state index in [2.05, 4.69) is 10.4 Å². The van der Waals surface area contributed by atoms with Gasteiger partial charge >= 0.3 is 0 Å². The number of methoxy groups -OCH3 is 1. The number of benzene rings is 3. The van der Waals surface area contributed by atoms with Crippen molar-refractivity contribution in [2.24, 2.45) is 0 Å². The number of anilines is 1. The number of ether oxygens (including phenoxy) is 1. The molecule has 3 aromatic carbocycles. The van der Waals surface area contributed by atoms with Crippen molar-refractivity contribution in [3.8, 4) is 22.6 Å². The van der Waals surface area contributed by atoms with E-state index in [1.54, 1.807) is 67.2 Å². The van der Waals surface area contributed by atoms with Crippen LogP contribution >= 0.6 is 11.6 Å². The summed E-state index contributed by atoms with van der Waals surface area (Å²) < 4.78 is 6.77. The van der Waals surface area contributed by atoms with Crippen LogP contribution in [0.25, 0.3) is 16.8 Å². The molecule has 0 radical (unpaired) electrons. The first kappa shape index (κ1) is 23.3. The number of nitrogens with one attached hydrogen (secondary N) is 1. The average Bonchev–Trinajstić information content (AvgIpc) is 2.84. The van der Waals surface area contributed by atoms with Crippen molar-refractivity contribution in [3.05, 3.63) is 104 Å². The second-order valence-electron chi connectivity index (χ2n) is 7.98. The highest BCUT2D eigenvalue weighted by molar-refractivity contribution is 6.33. The fraction of sp³-hybridized carbons (Fsp3) is 0.148. The third kappa shape index (κ3) is 4.45. The first-order chi connectivity index (χ1) is 16.3. The number of carbonyl (C=O) groups excluding carboxylic acids is 1. The molecule has 4 aromatic rings. The maximum absolute atomic E-state index is 13.3. The van der Waals surface area contributed by atoms with Gasteiger partial charge in [-0.3, -0.25) is 9.59 Å². The second kappa shape index (κ2) is 9.53. The molecule has 0 saturated carbocycles. The number of hydrogen-bond donors (Lipinski definition) is 1. The molecule has 7 heteroatoms. The van der Waals surface area contributed by atoms with Crippen molar-refractivity contribution in [2.75, 3.05) is 12.4 Å². The van der Waals surface area contributed by atoms with Gasteiger partial charge in [0.25, 0.3) is 5.91 Å². The molecule has 0 atom stereocenters. The van der Waals surface area contributed by atoms with Crippen LogP contribution in [-0.4, -0.2) is 22.8 Å². The molecule has 0 spiro atoms. The van der Waals surface area contributed by atoms with E-state index < -0.39 is 5.91 Å². The monoisotopic (exact) mass is 473 g/mol. The van der Waals surface area contributed by atoms with Crippen molar-refractivity contribution in [1.82, 2.24) is 9.78 Å². The van der Waals surface area contributed by atoms with Crippen LogP contribution in [0.1, 0.15) is 27.2 Å². The molecular weight excluding hydrogens is 450 g/mol. The summed E-state index contributed by atoms with van der Waals surface area (Å²) in [6, 6.07) is 19.6. The van der Waals surface area contributed by atoms with E-state index in [-0.39, 0.29) is 22.5 Å². The molecule has 1 amide bonds. The molecule has 6 nitrogen and oxygen atoms in total. The second-order valence-corrected chi connectivity index (χ2v) is 8.39. The Balaban J connectivity index is 1.96. The van der Waals surface area contributed by atoms with E-state index >= 15 is 0 Å². The van der Waals surface area contributed by atoms with Crippen LogP contribution in [0.3, 0.4) is 0 Å². The number of amides is 1. The quantitative estimate of drug-likeness (QED) is 0.401. The predicted octanol–water partition coefficient (Wildman–Crippen LogP) is 5.74. The van der Waals surface area contributed by atoms with Crippen LogP contribution in [0.5, 0.6) is 5.75 Å². The fourth-order valence-electron chi connectivity index (χ4n) is 3.64. The van der Waals surface area contributed by atoms with Gasteiger partial charge < -0.3 is 10.1 Å². The average molecular weight is 474 g/mol. The predicted molar refractivity (Wildman–Crippen MR) is 135 cm³/mol. The Morgan fingerprint density at radius 2 is 1.68 bits per heavy atom. The van der Waals surface area contributed by atoms with Gasteiger partial charge in [-0.15, -0.1) is 0 Å². The van der Waals surface area contributed by atoms with Crippen LogP contribution in [0.4, 0.5) is 5.82 Å². The first-order valence-electron chi connectivity index (χ1n) is 10.7. The van der Waals surface area contributed by atoms with E-state index in [0.717, 1.165) is 11.1 Å². The zero-order chi connectivity index (χ0) is 24.4. The lowest BCUT2D eigenvalue weighted by atomic mass is 10.0. The van der Waals surface area contributed by atoms with Gasteiger partial charge in [0.05, 0.1) is 18.4 Å². The van der Waals surface area contributed by atoms with Crippen LogP contribution in [0.2, 0.25) is 5.02 Å². The van der Waals surface area contributed by atoms with E-state index in [4.69, 9.17) is 16.3 Å². The maximum Gasteiger partial charge on any atom is 0.256 e. The zero-order valence-electron chi connectivity index (χ0n) is 19.3. The molecule has 1 N–H and O–H groups in total. The molecule has 0 bridgehead atoms. The van der Waals surface area contributed by atoms with Crippen LogP contribution < -0.4 is 15.5 Å².